The molecule has 0 radical (unpaired) electrons. The van der Waals surface area contributed by atoms with Crippen LogP contribution in [0.3, 0.4) is 0 Å². The van der Waals surface area contributed by atoms with Crippen molar-refractivity contribution in [2.75, 3.05) is 13.2 Å². The summed E-state index contributed by atoms with van der Waals surface area (Å²) in [6.45, 7) is 0.0197. The molecule has 19 heavy (non-hydrogen) atoms. The van der Waals surface area contributed by atoms with Crippen molar-refractivity contribution >= 4 is 6.21 Å². The highest BCUT2D eigenvalue weighted by Crippen LogP contribution is 2.33. The maximum Gasteiger partial charge on any atom is 0.522 e. The van der Waals surface area contributed by atoms with E-state index in [4.69, 9.17) is 9.94 Å². The number of ether oxygens (including phenoxy) is 2. The Balaban J connectivity index is 2.25. The molecule has 4 nitrogen and oxygen atoms in total. The number of alkyl halides is 3. The molecule has 2 rings (SSSR count). The minimum atomic E-state index is -4.70. The third-order valence-corrected chi connectivity index (χ3v) is 2.91. The molecule has 1 aliphatic heterocycles. The molecule has 0 aliphatic carbocycles. The molecule has 7 heteroatoms. The van der Waals surface area contributed by atoms with E-state index < -0.39 is 18.4 Å². The molecule has 2 atom stereocenters. The van der Waals surface area contributed by atoms with Gasteiger partial charge in [0.2, 0.25) is 0 Å². The van der Waals surface area contributed by atoms with Gasteiger partial charge < -0.3 is 9.94 Å². The Bertz CT molecular complexity index is 462. The van der Waals surface area contributed by atoms with E-state index in [-0.39, 0.29) is 13.2 Å². The van der Waals surface area contributed by atoms with Crippen molar-refractivity contribution in [2.45, 2.75) is 18.4 Å². The summed E-state index contributed by atoms with van der Waals surface area (Å²) >= 11 is 0. The van der Waals surface area contributed by atoms with E-state index in [1.165, 1.54) is 6.21 Å². The minimum Gasteiger partial charge on any atom is -0.411 e. The number of rotatable bonds is 3. The molecule has 0 saturated carbocycles. The zero-order chi connectivity index (χ0) is 13.9. The molecule has 0 amide bonds. The Morgan fingerprint density at radius 1 is 1.32 bits per heavy atom. The van der Waals surface area contributed by atoms with Crippen molar-refractivity contribution in [1.82, 2.24) is 0 Å². The number of oxime groups is 1. The number of hydrogen-bond donors (Lipinski definition) is 1. The fourth-order valence-electron chi connectivity index (χ4n) is 2.14. The van der Waals surface area contributed by atoms with Crippen LogP contribution in [0.4, 0.5) is 13.2 Å². The van der Waals surface area contributed by atoms with Gasteiger partial charge in [-0.15, -0.1) is 13.2 Å². The molecule has 1 aromatic carbocycles. The summed E-state index contributed by atoms with van der Waals surface area (Å²) in [4.78, 5) is 0. The minimum absolute atomic E-state index is 0.116. The van der Waals surface area contributed by atoms with Crippen LogP contribution in [0, 0.1) is 0 Å². The second kappa shape index (κ2) is 5.58. The fraction of sp³-hybridized carbons (Fsp3) is 0.417. The molecule has 1 N–H and O–H groups in total. The summed E-state index contributed by atoms with van der Waals surface area (Å²) < 4.78 is 46.0. The van der Waals surface area contributed by atoms with E-state index >= 15 is 0 Å². The molecule has 1 unspecified atom stereocenters. The van der Waals surface area contributed by atoms with Gasteiger partial charge in [-0.25, -0.2) is 0 Å². The Morgan fingerprint density at radius 2 is 2.05 bits per heavy atom. The summed E-state index contributed by atoms with van der Waals surface area (Å²) in [6.07, 6.45) is -4.61. The first-order valence-electron chi connectivity index (χ1n) is 5.60. The van der Waals surface area contributed by atoms with Crippen molar-refractivity contribution < 1.29 is 27.9 Å². The molecular weight excluding hydrogens is 263 g/mol. The van der Waals surface area contributed by atoms with Gasteiger partial charge in [-0.05, 0) is 11.1 Å². The van der Waals surface area contributed by atoms with Gasteiger partial charge in [0.05, 0.1) is 25.5 Å². The lowest BCUT2D eigenvalue weighted by molar-refractivity contribution is -0.343. The molecule has 1 heterocycles. The van der Waals surface area contributed by atoms with Crippen LogP contribution in [0.1, 0.15) is 17.0 Å². The first kappa shape index (κ1) is 13.8. The van der Waals surface area contributed by atoms with Crippen molar-refractivity contribution in [3.05, 3.63) is 35.4 Å². The molecular formula is C12H12F3NO3. The maximum absolute atomic E-state index is 12.3. The van der Waals surface area contributed by atoms with Gasteiger partial charge >= 0.3 is 6.36 Å². The van der Waals surface area contributed by atoms with Crippen molar-refractivity contribution in [3.63, 3.8) is 0 Å². The highest BCUT2D eigenvalue weighted by molar-refractivity contribution is 5.81. The van der Waals surface area contributed by atoms with Crippen LogP contribution < -0.4 is 0 Å². The van der Waals surface area contributed by atoms with Crippen LogP contribution >= 0.6 is 0 Å². The fourth-order valence-corrected chi connectivity index (χ4v) is 2.14. The highest BCUT2D eigenvalue weighted by Gasteiger charge is 2.41. The SMILES string of the molecule is ON=Cc1ccccc1[C@H]1COCC1OC(F)(F)F. The lowest BCUT2D eigenvalue weighted by Gasteiger charge is -2.21. The zero-order valence-corrected chi connectivity index (χ0v) is 9.80. The largest absolute Gasteiger partial charge is 0.522 e. The Labute approximate surface area is 107 Å². The molecule has 1 aliphatic rings. The first-order valence-corrected chi connectivity index (χ1v) is 5.60. The van der Waals surface area contributed by atoms with Crippen LogP contribution in [-0.4, -0.2) is 37.1 Å². The summed E-state index contributed by atoms with van der Waals surface area (Å²) in [7, 11) is 0. The molecule has 0 aromatic heterocycles. The molecule has 104 valence electrons. The average molecular weight is 275 g/mol. The van der Waals surface area contributed by atoms with Gasteiger partial charge in [0, 0.05) is 5.92 Å². The smallest absolute Gasteiger partial charge is 0.411 e. The second-order valence-corrected chi connectivity index (χ2v) is 4.12. The number of hydrogen-bond acceptors (Lipinski definition) is 4. The van der Waals surface area contributed by atoms with Gasteiger partial charge in [0.1, 0.15) is 0 Å². The van der Waals surface area contributed by atoms with E-state index in [0.29, 0.717) is 11.1 Å². The number of nitrogens with zero attached hydrogens (tertiary/aromatic N) is 1. The lowest BCUT2D eigenvalue weighted by Crippen LogP contribution is -2.29. The summed E-state index contributed by atoms with van der Waals surface area (Å²) in [5.74, 6) is -0.546. The Hall–Kier alpha value is -1.60. The monoisotopic (exact) mass is 275 g/mol. The van der Waals surface area contributed by atoms with Crippen molar-refractivity contribution in [1.29, 1.82) is 0 Å². The van der Waals surface area contributed by atoms with E-state index in [2.05, 4.69) is 9.89 Å². The van der Waals surface area contributed by atoms with E-state index in [1.54, 1.807) is 24.3 Å². The van der Waals surface area contributed by atoms with Crippen LogP contribution in [0.15, 0.2) is 29.4 Å². The average Bonchev–Trinajstić information content (AvgIpc) is 2.76. The summed E-state index contributed by atoms with van der Waals surface area (Å²) in [5, 5.41) is 11.5. The highest BCUT2D eigenvalue weighted by atomic mass is 19.4. The number of benzene rings is 1. The lowest BCUT2D eigenvalue weighted by atomic mass is 9.92. The topological polar surface area (TPSA) is 51.1 Å². The standard InChI is InChI=1S/C12H12F3NO3/c13-12(14,15)19-11-7-18-6-10(11)9-4-2-1-3-8(9)5-16-17/h1-5,10-11,17H,6-7H2/t10-,11?/m1/s1. The predicted octanol–water partition coefficient (Wildman–Crippen LogP) is 2.51. The first-order chi connectivity index (χ1) is 9.01. The van der Waals surface area contributed by atoms with Crippen molar-refractivity contribution in [3.8, 4) is 0 Å². The molecule has 0 bridgehead atoms. The third kappa shape index (κ3) is 3.45. The molecule has 0 spiro atoms. The van der Waals surface area contributed by atoms with E-state index in [9.17, 15) is 13.2 Å². The van der Waals surface area contributed by atoms with Gasteiger partial charge in [-0.2, -0.15) is 0 Å². The van der Waals surface area contributed by atoms with Gasteiger partial charge in [-0.1, -0.05) is 29.4 Å². The normalized spacial score (nSPS) is 24.2. The molecule has 1 aromatic rings. The second-order valence-electron chi connectivity index (χ2n) is 4.12. The third-order valence-electron chi connectivity index (χ3n) is 2.91. The van der Waals surface area contributed by atoms with Gasteiger partial charge in [-0.3, -0.25) is 4.74 Å². The van der Waals surface area contributed by atoms with Crippen LogP contribution in [0.2, 0.25) is 0 Å². The quantitative estimate of drug-likeness (QED) is 0.524. The Morgan fingerprint density at radius 3 is 2.74 bits per heavy atom. The van der Waals surface area contributed by atoms with Crippen LogP contribution in [0.5, 0.6) is 0 Å². The Kier molecular flexibility index (Phi) is 4.06. The number of halogens is 3. The van der Waals surface area contributed by atoms with Crippen LogP contribution in [0.25, 0.3) is 0 Å². The maximum atomic E-state index is 12.3. The van der Waals surface area contributed by atoms with Crippen molar-refractivity contribution in [2.24, 2.45) is 5.16 Å². The van der Waals surface area contributed by atoms with E-state index in [0.717, 1.165) is 0 Å². The summed E-state index contributed by atoms with van der Waals surface area (Å²) in [6, 6.07) is 6.73. The molecule has 1 saturated heterocycles. The van der Waals surface area contributed by atoms with Gasteiger partial charge in [0.25, 0.3) is 0 Å². The van der Waals surface area contributed by atoms with E-state index in [1.807, 2.05) is 0 Å². The van der Waals surface area contributed by atoms with Crippen LogP contribution in [-0.2, 0) is 9.47 Å². The summed E-state index contributed by atoms with van der Waals surface area (Å²) in [5.41, 5.74) is 1.14. The zero-order valence-electron chi connectivity index (χ0n) is 9.80. The molecule has 1 fully saturated rings. The predicted molar refractivity (Wildman–Crippen MR) is 60.3 cm³/mol. The van der Waals surface area contributed by atoms with Gasteiger partial charge in [0.15, 0.2) is 0 Å².